The molecule has 2 nitrogen and oxygen atoms in total. The van der Waals surface area contributed by atoms with Crippen molar-refractivity contribution in [1.29, 1.82) is 0 Å². The first-order valence-corrected chi connectivity index (χ1v) is 6.00. The van der Waals surface area contributed by atoms with Gasteiger partial charge in [-0.25, -0.2) is 0 Å². The topological polar surface area (TPSA) is 18.5 Å². The molecule has 15 heavy (non-hydrogen) atoms. The van der Waals surface area contributed by atoms with Crippen molar-refractivity contribution in [3.05, 3.63) is 23.8 Å². The van der Waals surface area contributed by atoms with Gasteiger partial charge in [-0.3, -0.25) is 0 Å². The summed E-state index contributed by atoms with van der Waals surface area (Å²) in [4.78, 5) is 0. The Labute approximate surface area is 92.0 Å². The van der Waals surface area contributed by atoms with Gasteiger partial charge in [0.25, 0.3) is 0 Å². The van der Waals surface area contributed by atoms with Crippen LogP contribution in [0.5, 0.6) is 0 Å². The zero-order valence-electron chi connectivity index (χ0n) is 9.28. The van der Waals surface area contributed by atoms with Gasteiger partial charge in [-0.1, -0.05) is 18.2 Å². The Kier molecular flexibility index (Phi) is 4.42. The molecule has 0 spiro atoms. The zero-order valence-corrected chi connectivity index (χ0v) is 9.28. The molecule has 0 aromatic carbocycles. The van der Waals surface area contributed by atoms with Crippen molar-refractivity contribution in [2.45, 2.75) is 38.2 Å². The molecule has 0 saturated carbocycles. The summed E-state index contributed by atoms with van der Waals surface area (Å²) in [6.07, 6.45) is 13.0. The van der Waals surface area contributed by atoms with Crippen molar-refractivity contribution in [2.75, 3.05) is 19.8 Å². The van der Waals surface area contributed by atoms with Crippen LogP contribution in [0, 0.1) is 0 Å². The summed E-state index contributed by atoms with van der Waals surface area (Å²) in [5.74, 6) is 0. The molecular weight excluding hydrogens is 188 g/mol. The van der Waals surface area contributed by atoms with E-state index in [1.54, 1.807) is 0 Å². The lowest BCUT2D eigenvalue weighted by Crippen LogP contribution is -2.24. The van der Waals surface area contributed by atoms with Crippen LogP contribution in [-0.4, -0.2) is 25.9 Å². The van der Waals surface area contributed by atoms with Crippen LogP contribution < -0.4 is 0 Å². The van der Waals surface area contributed by atoms with E-state index < -0.39 is 0 Å². The van der Waals surface area contributed by atoms with Crippen LogP contribution in [0.2, 0.25) is 0 Å². The Morgan fingerprint density at radius 1 is 1.33 bits per heavy atom. The van der Waals surface area contributed by atoms with Gasteiger partial charge in [0.1, 0.15) is 0 Å². The molecule has 0 aromatic rings. The predicted molar refractivity (Wildman–Crippen MR) is 60.9 cm³/mol. The third-order valence-electron chi connectivity index (χ3n) is 2.92. The SMILES string of the molecule is C1=CC(COCC2CCCCO2)=CCC1. The predicted octanol–water partition coefficient (Wildman–Crippen LogP) is 2.85. The monoisotopic (exact) mass is 208 g/mol. The summed E-state index contributed by atoms with van der Waals surface area (Å²) in [6.45, 7) is 2.41. The van der Waals surface area contributed by atoms with E-state index in [0.29, 0.717) is 6.10 Å². The lowest BCUT2D eigenvalue weighted by molar-refractivity contribution is -0.0361. The summed E-state index contributed by atoms with van der Waals surface area (Å²) in [5, 5.41) is 0. The molecule has 1 aliphatic heterocycles. The first-order valence-electron chi connectivity index (χ1n) is 6.00. The van der Waals surface area contributed by atoms with Crippen LogP contribution in [0.25, 0.3) is 0 Å². The first kappa shape index (κ1) is 10.9. The minimum Gasteiger partial charge on any atom is -0.376 e. The summed E-state index contributed by atoms with van der Waals surface area (Å²) >= 11 is 0. The molecule has 0 aromatic heterocycles. The fourth-order valence-corrected chi connectivity index (χ4v) is 2.02. The molecule has 2 aliphatic rings. The molecule has 0 N–H and O–H groups in total. The van der Waals surface area contributed by atoms with Crippen LogP contribution in [0.4, 0.5) is 0 Å². The van der Waals surface area contributed by atoms with E-state index in [1.165, 1.54) is 24.8 Å². The first-order chi connectivity index (χ1) is 7.45. The van der Waals surface area contributed by atoms with E-state index in [4.69, 9.17) is 9.47 Å². The molecule has 1 saturated heterocycles. The molecule has 1 aliphatic carbocycles. The maximum atomic E-state index is 5.67. The normalized spacial score (nSPS) is 26.4. The van der Waals surface area contributed by atoms with Gasteiger partial charge in [0.15, 0.2) is 0 Å². The van der Waals surface area contributed by atoms with Gasteiger partial charge in [0.2, 0.25) is 0 Å². The van der Waals surface area contributed by atoms with Gasteiger partial charge in [0.05, 0.1) is 19.3 Å². The molecule has 84 valence electrons. The molecule has 2 heteroatoms. The van der Waals surface area contributed by atoms with E-state index in [0.717, 1.165) is 32.7 Å². The summed E-state index contributed by atoms with van der Waals surface area (Å²) < 4.78 is 11.3. The third kappa shape index (κ3) is 3.80. The number of ether oxygens (including phenoxy) is 2. The van der Waals surface area contributed by atoms with Crippen molar-refractivity contribution in [2.24, 2.45) is 0 Å². The second-order valence-electron chi connectivity index (χ2n) is 4.26. The number of allylic oxidation sites excluding steroid dienone is 2. The lowest BCUT2D eigenvalue weighted by Gasteiger charge is -2.22. The highest BCUT2D eigenvalue weighted by Gasteiger charge is 2.13. The second kappa shape index (κ2) is 6.09. The highest BCUT2D eigenvalue weighted by molar-refractivity contribution is 5.22. The van der Waals surface area contributed by atoms with E-state index in [1.807, 2.05) is 0 Å². The van der Waals surface area contributed by atoms with Gasteiger partial charge in [-0.05, 0) is 37.7 Å². The van der Waals surface area contributed by atoms with Crippen molar-refractivity contribution in [1.82, 2.24) is 0 Å². The summed E-state index contributed by atoms with van der Waals surface area (Å²) in [6, 6.07) is 0. The Balaban J connectivity index is 1.61. The highest BCUT2D eigenvalue weighted by atomic mass is 16.5. The Morgan fingerprint density at radius 2 is 2.33 bits per heavy atom. The van der Waals surface area contributed by atoms with Gasteiger partial charge >= 0.3 is 0 Å². The van der Waals surface area contributed by atoms with Gasteiger partial charge in [0, 0.05) is 6.61 Å². The zero-order chi connectivity index (χ0) is 10.3. The van der Waals surface area contributed by atoms with Crippen molar-refractivity contribution in [3.63, 3.8) is 0 Å². The molecular formula is C13H20O2. The van der Waals surface area contributed by atoms with Gasteiger partial charge in [-0.15, -0.1) is 0 Å². The number of hydrogen-bond donors (Lipinski definition) is 0. The summed E-state index contributed by atoms with van der Waals surface area (Å²) in [5.41, 5.74) is 1.32. The average molecular weight is 208 g/mol. The van der Waals surface area contributed by atoms with Crippen LogP contribution in [-0.2, 0) is 9.47 Å². The van der Waals surface area contributed by atoms with Crippen molar-refractivity contribution >= 4 is 0 Å². The van der Waals surface area contributed by atoms with Crippen LogP contribution in [0.3, 0.4) is 0 Å². The second-order valence-corrected chi connectivity index (χ2v) is 4.26. The largest absolute Gasteiger partial charge is 0.376 e. The molecule has 1 unspecified atom stereocenters. The Bertz CT molecular complexity index is 237. The van der Waals surface area contributed by atoms with Gasteiger partial charge in [-0.2, -0.15) is 0 Å². The van der Waals surface area contributed by atoms with Crippen LogP contribution >= 0.6 is 0 Å². The van der Waals surface area contributed by atoms with E-state index in [2.05, 4.69) is 18.2 Å². The maximum absolute atomic E-state index is 5.67. The maximum Gasteiger partial charge on any atom is 0.0808 e. The Hall–Kier alpha value is -0.600. The average Bonchev–Trinajstić information content (AvgIpc) is 2.32. The standard InChI is InChI=1S/C13H20O2/c1-2-6-12(7-3-1)10-14-11-13-8-4-5-9-15-13/h2,6-7,13H,1,3-5,8-11H2. The summed E-state index contributed by atoms with van der Waals surface area (Å²) in [7, 11) is 0. The minimum absolute atomic E-state index is 0.340. The fourth-order valence-electron chi connectivity index (χ4n) is 2.02. The quantitative estimate of drug-likeness (QED) is 0.707. The van der Waals surface area contributed by atoms with Gasteiger partial charge < -0.3 is 9.47 Å². The Morgan fingerprint density at radius 3 is 3.07 bits per heavy atom. The lowest BCUT2D eigenvalue weighted by atomic mass is 10.1. The molecule has 0 amide bonds. The number of rotatable bonds is 4. The third-order valence-corrected chi connectivity index (χ3v) is 2.92. The van der Waals surface area contributed by atoms with E-state index in [-0.39, 0.29) is 0 Å². The minimum atomic E-state index is 0.340. The molecule has 1 heterocycles. The molecule has 1 fully saturated rings. The molecule has 0 bridgehead atoms. The van der Waals surface area contributed by atoms with E-state index in [9.17, 15) is 0 Å². The molecule has 1 atom stereocenters. The fraction of sp³-hybridized carbons (Fsp3) is 0.692. The van der Waals surface area contributed by atoms with Crippen LogP contribution in [0.1, 0.15) is 32.1 Å². The highest BCUT2D eigenvalue weighted by Crippen LogP contribution is 2.14. The van der Waals surface area contributed by atoms with Crippen molar-refractivity contribution in [3.8, 4) is 0 Å². The van der Waals surface area contributed by atoms with E-state index >= 15 is 0 Å². The van der Waals surface area contributed by atoms with Crippen molar-refractivity contribution < 1.29 is 9.47 Å². The number of hydrogen-bond acceptors (Lipinski definition) is 2. The van der Waals surface area contributed by atoms with Crippen LogP contribution in [0.15, 0.2) is 23.8 Å². The molecule has 2 rings (SSSR count). The molecule has 0 radical (unpaired) electrons. The smallest absolute Gasteiger partial charge is 0.0808 e.